The maximum absolute atomic E-state index is 10.9. The molecule has 0 aliphatic rings. The average molecular weight is 203 g/mol. The third kappa shape index (κ3) is 7.54. The lowest BCUT2D eigenvalue weighted by Crippen LogP contribution is -2.28. The molecule has 82 valence electrons. The Morgan fingerprint density at radius 3 is 2.57 bits per heavy atom. The first-order chi connectivity index (χ1) is 6.56. The van der Waals surface area contributed by atoms with Gasteiger partial charge in [-0.1, -0.05) is 0 Å². The molecule has 0 aliphatic heterocycles. The zero-order valence-corrected chi connectivity index (χ0v) is 8.83. The van der Waals surface area contributed by atoms with Crippen LogP contribution in [0.25, 0.3) is 0 Å². The summed E-state index contributed by atoms with van der Waals surface area (Å²) in [5.74, 6) is -0.628. The van der Waals surface area contributed by atoms with Crippen LogP contribution < -0.4 is 5.48 Å². The zero-order chi connectivity index (χ0) is 11.0. The highest BCUT2D eigenvalue weighted by molar-refractivity contribution is 5.69. The van der Waals surface area contributed by atoms with Gasteiger partial charge in [0.1, 0.15) is 0 Å². The van der Waals surface area contributed by atoms with Crippen LogP contribution in [0.2, 0.25) is 0 Å². The number of ether oxygens (including phenoxy) is 1. The van der Waals surface area contributed by atoms with E-state index in [1.807, 2.05) is 6.92 Å². The monoisotopic (exact) mass is 203 g/mol. The van der Waals surface area contributed by atoms with Crippen LogP contribution in [0.3, 0.4) is 0 Å². The van der Waals surface area contributed by atoms with Gasteiger partial charge in [-0.05, 0) is 20.3 Å². The molecule has 1 N–H and O–H groups in total. The van der Waals surface area contributed by atoms with E-state index in [9.17, 15) is 9.59 Å². The third-order valence-corrected chi connectivity index (χ3v) is 1.49. The van der Waals surface area contributed by atoms with Crippen molar-refractivity contribution in [1.29, 1.82) is 0 Å². The van der Waals surface area contributed by atoms with Crippen molar-refractivity contribution in [2.45, 2.75) is 39.7 Å². The highest BCUT2D eigenvalue weighted by atomic mass is 16.7. The topological polar surface area (TPSA) is 64.6 Å². The normalized spacial score (nSPS) is 11.9. The summed E-state index contributed by atoms with van der Waals surface area (Å²) < 4.78 is 4.74. The zero-order valence-electron chi connectivity index (χ0n) is 8.83. The lowest BCUT2D eigenvalue weighted by atomic mass is 10.2. The minimum atomic E-state index is -0.395. The lowest BCUT2D eigenvalue weighted by Gasteiger charge is -2.11. The predicted octanol–water partition coefficient (Wildman–Crippen LogP) is 0.786. The van der Waals surface area contributed by atoms with Crippen molar-refractivity contribution in [2.24, 2.45) is 0 Å². The van der Waals surface area contributed by atoms with Crippen LogP contribution in [0, 0.1) is 0 Å². The Bertz CT molecular complexity index is 193. The first kappa shape index (κ1) is 12.9. The molecular formula is C9H17NO4. The Kier molecular flexibility index (Phi) is 6.74. The fourth-order valence-corrected chi connectivity index (χ4v) is 0.810. The number of hydrogen-bond acceptors (Lipinski definition) is 5. The van der Waals surface area contributed by atoms with Crippen molar-refractivity contribution < 1.29 is 19.2 Å². The molecular weight excluding hydrogens is 186 g/mol. The summed E-state index contributed by atoms with van der Waals surface area (Å²) in [6.07, 6.45) is 0.898. The molecule has 0 heterocycles. The molecule has 0 aromatic heterocycles. The highest BCUT2D eigenvalue weighted by Crippen LogP contribution is 1.98. The van der Waals surface area contributed by atoms with E-state index in [1.165, 1.54) is 6.92 Å². The molecule has 5 nitrogen and oxygen atoms in total. The standard InChI is InChI=1S/C9H17NO4/c1-4-13-9(12)6-5-7(2)10-14-8(3)11/h7,10H,4-6H2,1-3H3/t7-/m1/s1. The molecule has 0 saturated heterocycles. The van der Waals surface area contributed by atoms with Gasteiger partial charge in [0.05, 0.1) is 6.61 Å². The van der Waals surface area contributed by atoms with Crippen molar-refractivity contribution >= 4 is 11.9 Å². The molecule has 0 amide bonds. The molecule has 0 aromatic carbocycles. The van der Waals surface area contributed by atoms with E-state index in [-0.39, 0.29) is 12.0 Å². The second-order valence-corrected chi connectivity index (χ2v) is 2.96. The van der Waals surface area contributed by atoms with Crippen molar-refractivity contribution in [3.8, 4) is 0 Å². The summed E-state index contributed by atoms with van der Waals surface area (Å²) in [5.41, 5.74) is 2.52. The van der Waals surface area contributed by atoms with E-state index < -0.39 is 5.97 Å². The maximum Gasteiger partial charge on any atom is 0.321 e. The number of hydroxylamine groups is 1. The molecule has 0 spiro atoms. The third-order valence-electron chi connectivity index (χ3n) is 1.49. The van der Waals surface area contributed by atoms with Crippen LogP contribution >= 0.6 is 0 Å². The Morgan fingerprint density at radius 1 is 1.43 bits per heavy atom. The van der Waals surface area contributed by atoms with Gasteiger partial charge in [-0.15, -0.1) is 0 Å². The number of carbonyl (C=O) groups is 2. The number of rotatable bonds is 6. The number of esters is 1. The molecule has 0 rings (SSSR count). The Labute approximate surface area is 83.7 Å². The first-order valence-corrected chi connectivity index (χ1v) is 4.64. The van der Waals surface area contributed by atoms with E-state index in [2.05, 4.69) is 10.3 Å². The Morgan fingerprint density at radius 2 is 2.07 bits per heavy atom. The van der Waals surface area contributed by atoms with Gasteiger partial charge in [-0.3, -0.25) is 9.59 Å². The number of nitrogens with one attached hydrogen (secondary N) is 1. The van der Waals surface area contributed by atoms with Crippen LogP contribution in [-0.2, 0) is 19.2 Å². The Balaban J connectivity index is 3.48. The van der Waals surface area contributed by atoms with Crippen molar-refractivity contribution in [3.05, 3.63) is 0 Å². The summed E-state index contributed by atoms with van der Waals surface area (Å²) >= 11 is 0. The van der Waals surface area contributed by atoms with Crippen LogP contribution in [0.5, 0.6) is 0 Å². The lowest BCUT2D eigenvalue weighted by molar-refractivity contribution is -0.150. The molecule has 0 saturated carbocycles. The SMILES string of the molecule is CCOC(=O)CC[C@@H](C)NOC(C)=O. The summed E-state index contributed by atoms with van der Waals surface area (Å²) in [6.45, 7) is 5.29. The van der Waals surface area contributed by atoms with E-state index in [1.54, 1.807) is 6.92 Å². The minimum Gasteiger partial charge on any atom is -0.466 e. The second-order valence-electron chi connectivity index (χ2n) is 2.96. The maximum atomic E-state index is 10.9. The van der Waals surface area contributed by atoms with Crippen molar-refractivity contribution in [1.82, 2.24) is 5.48 Å². The molecule has 0 radical (unpaired) electrons. The summed E-state index contributed by atoms with van der Waals surface area (Å²) in [4.78, 5) is 25.9. The number of carbonyl (C=O) groups excluding carboxylic acids is 2. The van der Waals surface area contributed by atoms with Gasteiger partial charge >= 0.3 is 11.9 Å². The quantitative estimate of drug-likeness (QED) is 0.510. The van der Waals surface area contributed by atoms with E-state index in [0.29, 0.717) is 19.4 Å². The molecule has 0 unspecified atom stereocenters. The summed E-state index contributed by atoms with van der Waals surface area (Å²) in [7, 11) is 0. The van der Waals surface area contributed by atoms with Gasteiger partial charge in [0.25, 0.3) is 0 Å². The fourth-order valence-electron chi connectivity index (χ4n) is 0.810. The highest BCUT2D eigenvalue weighted by Gasteiger charge is 2.07. The van der Waals surface area contributed by atoms with Crippen LogP contribution in [0.1, 0.15) is 33.6 Å². The number of hydrogen-bond donors (Lipinski definition) is 1. The molecule has 0 aromatic rings. The fraction of sp³-hybridized carbons (Fsp3) is 0.778. The van der Waals surface area contributed by atoms with E-state index >= 15 is 0 Å². The van der Waals surface area contributed by atoms with Gasteiger partial charge in [0.15, 0.2) is 0 Å². The molecule has 0 aliphatic carbocycles. The van der Waals surface area contributed by atoms with Crippen molar-refractivity contribution in [3.63, 3.8) is 0 Å². The molecule has 0 bridgehead atoms. The smallest absolute Gasteiger partial charge is 0.321 e. The van der Waals surface area contributed by atoms with Crippen LogP contribution in [-0.4, -0.2) is 24.6 Å². The van der Waals surface area contributed by atoms with E-state index in [4.69, 9.17) is 4.74 Å². The second kappa shape index (κ2) is 7.32. The van der Waals surface area contributed by atoms with Crippen LogP contribution in [0.15, 0.2) is 0 Å². The van der Waals surface area contributed by atoms with Gasteiger partial charge in [-0.25, -0.2) is 0 Å². The molecule has 5 heteroatoms. The van der Waals surface area contributed by atoms with E-state index in [0.717, 1.165) is 0 Å². The molecule has 1 atom stereocenters. The summed E-state index contributed by atoms with van der Waals surface area (Å²) in [5, 5.41) is 0. The average Bonchev–Trinajstić information content (AvgIpc) is 2.12. The summed E-state index contributed by atoms with van der Waals surface area (Å²) in [6, 6.07) is -0.0525. The molecule has 14 heavy (non-hydrogen) atoms. The molecule has 0 fully saturated rings. The van der Waals surface area contributed by atoms with Gasteiger partial charge in [0.2, 0.25) is 0 Å². The minimum absolute atomic E-state index is 0.0525. The van der Waals surface area contributed by atoms with Gasteiger partial charge in [-0.2, -0.15) is 5.48 Å². The Hall–Kier alpha value is -1.10. The van der Waals surface area contributed by atoms with Crippen molar-refractivity contribution in [2.75, 3.05) is 6.61 Å². The predicted molar refractivity (Wildman–Crippen MR) is 50.2 cm³/mol. The first-order valence-electron chi connectivity index (χ1n) is 4.64. The van der Waals surface area contributed by atoms with Gasteiger partial charge in [0, 0.05) is 19.4 Å². The van der Waals surface area contributed by atoms with Crippen LogP contribution in [0.4, 0.5) is 0 Å². The van der Waals surface area contributed by atoms with Gasteiger partial charge < -0.3 is 9.57 Å². The largest absolute Gasteiger partial charge is 0.466 e.